The Balaban J connectivity index is 2.34. The van der Waals surface area contributed by atoms with Gasteiger partial charge in [-0.25, -0.2) is 4.98 Å². The van der Waals surface area contributed by atoms with Crippen LogP contribution in [-0.2, 0) is 10.6 Å². The van der Waals surface area contributed by atoms with E-state index in [1.165, 1.54) is 0 Å². The van der Waals surface area contributed by atoms with Gasteiger partial charge in [0.1, 0.15) is 6.10 Å². The lowest BCUT2D eigenvalue weighted by Crippen LogP contribution is -2.18. The lowest BCUT2D eigenvalue weighted by molar-refractivity contribution is 0.0892. The lowest BCUT2D eigenvalue weighted by atomic mass is 10.1. The van der Waals surface area contributed by atoms with Crippen molar-refractivity contribution in [2.45, 2.75) is 18.9 Å². The molecule has 1 heterocycles. The van der Waals surface area contributed by atoms with Crippen molar-refractivity contribution in [2.24, 2.45) is 0 Å². The highest BCUT2D eigenvalue weighted by Gasteiger charge is 2.08. The minimum Gasteiger partial charge on any atom is -0.472 e. The molecule has 0 aliphatic heterocycles. The Morgan fingerprint density at radius 1 is 1.33 bits per heavy atom. The molecular weight excluding hydrogens is 250 g/mol. The van der Waals surface area contributed by atoms with Crippen LogP contribution in [0.2, 0.25) is 0 Å². The Labute approximate surface area is 112 Å². The topological polar surface area (TPSA) is 31.4 Å². The number of alkyl halides is 1. The van der Waals surface area contributed by atoms with Crippen molar-refractivity contribution in [1.82, 2.24) is 4.98 Å². The summed E-state index contributed by atoms with van der Waals surface area (Å²) in [4.78, 5) is 4.47. The Morgan fingerprint density at radius 3 is 2.83 bits per heavy atom. The van der Waals surface area contributed by atoms with Gasteiger partial charge in [-0.15, -0.1) is 11.6 Å². The number of ether oxygens (including phenoxy) is 2. The average Bonchev–Trinajstić information content (AvgIpc) is 2.38. The summed E-state index contributed by atoms with van der Waals surface area (Å²) in [5.41, 5.74) is 1.93. The highest BCUT2D eigenvalue weighted by atomic mass is 35.5. The number of rotatable bonds is 5. The zero-order valence-corrected chi connectivity index (χ0v) is 11.3. The minimum absolute atomic E-state index is 0.0353. The number of methoxy groups -OCH3 is 1. The van der Waals surface area contributed by atoms with Gasteiger partial charge in [0.05, 0.1) is 12.1 Å². The summed E-state index contributed by atoms with van der Waals surface area (Å²) in [6, 6.07) is 9.80. The van der Waals surface area contributed by atoms with E-state index in [2.05, 4.69) is 4.98 Å². The highest BCUT2D eigenvalue weighted by molar-refractivity contribution is 6.18. The number of hydrogen-bond donors (Lipinski definition) is 0. The van der Waals surface area contributed by atoms with Crippen LogP contribution in [-0.4, -0.2) is 24.8 Å². The second-order valence-electron chi connectivity index (χ2n) is 4.15. The Kier molecular flexibility index (Phi) is 4.39. The molecule has 0 spiro atoms. The summed E-state index contributed by atoms with van der Waals surface area (Å²) in [5, 5.41) is 1.07. The summed E-state index contributed by atoms with van der Waals surface area (Å²) in [7, 11) is 1.65. The van der Waals surface area contributed by atoms with E-state index in [4.69, 9.17) is 21.1 Å². The number of pyridine rings is 1. The molecule has 2 rings (SSSR count). The van der Waals surface area contributed by atoms with E-state index in [0.717, 1.165) is 16.5 Å². The molecule has 18 heavy (non-hydrogen) atoms. The van der Waals surface area contributed by atoms with E-state index in [1.54, 1.807) is 7.11 Å². The maximum absolute atomic E-state index is 5.97. The first-order chi connectivity index (χ1) is 8.74. The Morgan fingerprint density at radius 2 is 2.11 bits per heavy atom. The maximum atomic E-state index is 5.97. The lowest BCUT2D eigenvalue weighted by Gasteiger charge is -2.14. The van der Waals surface area contributed by atoms with Gasteiger partial charge in [0, 0.05) is 24.4 Å². The van der Waals surface area contributed by atoms with E-state index < -0.39 is 0 Å². The van der Waals surface area contributed by atoms with E-state index in [9.17, 15) is 0 Å². The van der Waals surface area contributed by atoms with Gasteiger partial charge in [-0.3, -0.25) is 0 Å². The molecule has 3 nitrogen and oxygen atoms in total. The predicted octanol–water partition coefficient (Wildman–Crippen LogP) is 3.39. The van der Waals surface area contributed by atoms with Crippen molar-refractivity contribution < 1.29 is 9.47 Å². The molecular formula is C14H16ClNO2. The third-order valence-electron chi connectivity index (χ3n) is 2.65. The summed E-state index contributed by atoms with van der Waals surface area (Å²) < 4.78 is 10.8. The molecule has 1 unspecified atom stereocenters. The number of benzene rings is 1. The number of fused-ring (bicyclic) bond motifs is 1. The smallest absolute Gasteiger partial charge is 0.214 e. The van der Waals surface area contributed by atoms with Gasteiger partial charge >= 0.3 is 0 Å². The fraction of sp³-hybridized carbons (Fsp3) is 0.357. The largest absolute Gasteiger partial charge is 0.472 e. The molecule has 1 aromatic carbocycles. The molecule has 0 aliphatic rings. The van der Waals surface area contributed by atoms with Crippen LogP contribution in [0.3, 0.4) is 0 Å². The van der Waals surface area contributed by atoms with Crippen molar-refractivity contribution in [3.63, 3.8) is 0 Å². The summed E-state index contributed by atoms with van der Waals surface area (Å²) in [6.07, 6.45) is -0.0353. The van der Waals surface area contributed by atoms with Gasteiger partial charge in [0.25, 0.3) is 0 Å². The Bertz CT molecular complexity index is 530. The van der Waals surface area contributed by atoms with Crippen LogP contribution in [0, 0.1) is 0 Å². The second kappa shape index (κ2) is 6.03. The SMILES string of the molecule is COCC(C)Oc1cc(CCl)c2ccccc2n1. The first kappa shape index (κ1) is 13.1. The average molecular weight is 266 g/mol. The summed E-state index contributed by atoms with van der Waals surface area (Å²) >= 11 is 5.97. The molecule has 0 saturated heterocycles. The van der Waals surface area contributed by atoms with Gasteiger partial charge < -0.3 is 9.47 Å². The van der Waals surface area contributed by atoms with Crippen molar-refractivity contribution in [3.05, 3.63) is 35.9 Å². The normalized spacial score (nSPS) is 12.6. The van der Waals surface area contributed by atoms with Crippen LogP contribution in [0.4, 0.5) is 0 Å². The van der Waals surface area contributed by atoms with Crippen molar-refractivity contribution in [3.8, 4) is 5.88 Å². The number of nitrogens with zero attached hydrogens (tertiary/aromatic N) is 1. The van der Waals surface area contributed by atoms with E-state index in [1.807, 2.05) is 37.3 Å². The zero-order valence-electron chi connectivity index (χ0n) is 10.5. The van der Waals surface area contributed by atoms with E-state index in [-0.39, 0.29) is 6.10 Å². The van der Waals surface area contributed by atoms with Crippen LogP contribution in [0.15, 0.2) is 30.3 Å². The van der Waals surface area contributed by atoms with Crippen LogP contribution in [0.1, 0.15) is 12.5 Å². The minimum atomic E-state index is -0.0353. The molecule has 1 aromatic heterocycles. The molecule has 96 valence electrons. The predicted molar refractivity (Wildman–Crippen MR) is 73.3 cm³/mol. The second-order valence-corrected chi connectivity index (χ2v) is 4.42. The molecule has 4 heteroatoms. The first-order valence-corrected chi connectivity index (χ1v) is 6.38. The summed E-state index contributed by atoms with van der Waals surface area (Å²) in [5.74, 6) is 1.03. The van der Waals surface area contributed by atoms with Gasteiger partial charge in [0.2, 0.25) is 5.88 Å². The van der Waals surface area contributed by atoms with Gasteiger partial charge in [-0.2, -0.15) is 0 Å². The zero-order chi connectivity index (χ0) is 13.0. The summed E-state index contributed by atoms with van der Waals surface area (Å²) in [6.45, 7) is 2.48. The van der Waals surface area contributed by atoms with Gasteiger partial charge in [-0.05, 0) is 18.6 Å². The molecule has 2 aromatic rings. The van der Waals surface area contributed by atoms with Crippen LogP contribution >= 0.6 is 11.6 Å². The van der Waals surface area contributed by atoms with Crippen molar-refractivity contribution >= 4 is 22.5 Å². The molecule has 0 saturated carbocycles. The fourth-order valence-electron chi connectivity index (χ4n) is 1.87. The van der Waals surface area contributed by atoms with E-state index >= 15 is 0 Å². The standard InChI is InChI=1S/C14H16ClNO2/c1-10(9-17-2)18-14-7-11(8-15)12-5-3-4-6-13(12)16-14/h3-7,10H,8-9H2,1-2H3. The highest BCUT2D eigenvalue weighted by Crippen LogP contribution is 2.23. The molecule has 0 radical (unpaired) electrons. The van der Waals surface area contributed by atoms with Crippen molar-refractivity contribution in [1.29, 1.82) is 0 Å². The maximum Gasteiger partial charge on any atom is 0.214 e. The molecule has 0 fully saturated rings. The third-order valence-corrected chi connectivity index (χ3v) is 2.93. The molecule has 1 atom stereocenters. The number of hydrogen-bond acceptors (Lipinski definition) is 3. The third kappa shape index (κ3) is 2.92. The van der Waals surface area contributed by atoms with E-state index in [0.29, 0.717) is 18.4 Å². The molecule has 0 aliphatic carbocycles. The monoisotopic (exact) mass is 265 g/mol. The number of para-hydroxylation sites is 1. The Hall–Kier alpha value is -1.32. The molecule has 0 amide bonds. The molecule has 0 bridgehead atoms. The molecule has 0 N–H and O–H groups in total. The van der Waals surface area contributed by atoms with Gasteiger partial charge in [-0.1, -0.05) is 18.2 Å². The van der Waals surface area contributed by atoms with Crippen LogP contribution in [0.5, 0.6) is 5.88 Å². The number of aromatic nitrogens is 1. The van der Waals surface area contributed by atoms with Crippen molar-refractivity contribution in [2.75, 3.05) is 13.7 Å². The number of halogens is 1. The van der Waals surface area contributed by atoms with Crippen LogP contribution in [0.25, 0.3) is 10.9 Å². The fourth-order valence-corrected chi connectivity index (χ4v) is 2.09. The quantitative estimate of drug-likeness (QED) is 0.777. The van der Waals surface area contributed by atoms with Gasteiger partial charge in [0.15, 0.2) is 0 Å². The first-order valence-electron chi connectivity index (χ1n) is 5.85. The van der Waals surface area contributed by atoms with Crippen LogP contribution < -0.4 is 4.74 Å².